The van der Waals surface area contributed by atoms with Crippen molar-refractivity contribution >= 4 is 0 Å². The Hall–Kier alpha value is -0.160. The minimum Gasteiger partial charge on any atom is -0.231 e. The molecule has 0 aromatic heterocycles. The van der Waals surface area contributed by atoms with Crippen LogP contribution in [0, 0.1) is 0 Å². The summed E-state index contributed by atoms with van der Waals surface area (Å²) in [6.45, 7) is 11.8. The quantitative estimate of drug-likeness (QED) is 0.569. The Labute approximate surface area is 111 Å². The van der Waals surface area contributed by atoms with E-state index in [4.69, 9.17) is 19.6 Å². The van der Waals surface area contributed by atoms with Crippen molar-refractivity contribution in [2.75, 3.05) is 0 Å². The number of hydrogen-bond acceptors (Lipinski definition) is 4. The van der Waals surface area contributed by atoms with E-state index < -0.39 is 0 Å². The van der Waals surface area contributed by atoms with Crippen LogP contribution in [0.15, 0.2) is 0 Å². The molecule has 0 radical (unpaired) electrons. The minimum absolute atomic E-state index is 0.0414. The third-order valence-electron chi connectivity index (χ3n) is 2.49. The van der Waals surface area contributed by atoms with Crippen molar-refractivity contribution in [3.8, 4) is 0 Å². The minimum atomic E-state index is -0.299. The Morgan fingerprint density at radius 2 is 1.00 bits per heavy atom. The first-order valence-corrected chi connectivity index (χ1v) is 6.86. The first-order chi connectivity index (χ1) is 8.17. The van der Waals surface area contributed by atoms with Gasteiger partial charge in [0.15, 0.2) is 0 Å². The van der Waals surface area contributed by atoms with Gasteiger partial charge in [-0.3, -0.25) is 0 Å². The lowest BCUT2D eigenvalue weighted by atomic mass is 9.95. The fourth-order valence-corrected chi connectivity index (χ4v) is 1.70. The molecule has 0 spiro atoms. The largest absolute Gasteiger partial charge is 0.231 e. The van der Waals surface area contributed by atoms with E-state index in [1.807, 2.05) is 41.5 Å². The van der Waals surface area contributed by atoms with Crippen molar-refractivity contribution in [1.29, 1.82) is 0 Å². The lowest BCUT2D eigenvalue weighted by molar-refractivity contribution is -0.434. The van der Waals surface area contributed by atoms with Crippen LogP contribution in [0.4, 0.5) is 0 Å². The van der Waals surface area contributed by atoms with Gasteiger partial charge in [-0.15, -0.1) is 0 Å². The summed E-state index contributed by atoms with van der Waals surface area (Å²) >= 11 is 0. The van der Waals surface area contributed by atoms with Crippen molar-refractivity contribution in [3.63, 3.8) is 0 Å². The molecule has 1 aliphatic rings. The Kier molecular flexibility index (Phi) is 5.59. The molecule has 4 heteroatoms. The lowest BCUT2D eigenvalue weighted by Crippen LogP contribution is -2.38. The Balaban J connectivity index is 2.42. The van der Waals surface area contributed by atoms with Crippen LogP contribution in [-0.4, -0.2) is 23.4 Å². The summed E-state index contributed by atoms with van der Waals surface area (Å²) in [5.74, 6) is 0. The maximum absolute atomic E-state index is 5.52. The second kappa shape index (κ2) is 6.33. The average molecular weight is 260 g/mol. The van der Waals surface area contributed by atoms with Gasteiger partial charge in [0.2, 0.25) is 0 Å². The monoisotopic (exact) mass is 260 g/mol. The molecule has 0 aliphatic heterocycles. The third-order valence-corrected chi connectivity index (χ3v) is 2.49. The lowest BCUT2D eigenvalue weighted by Gasteiger charge is -2.33. The molecule has 0 aromatic carbocycles. The summed E-state index contributed by atoms with van der Waals surface area (Å²) in [5.41, 5.74) is -0.597. The molecule has 1 fully saturated rings. The molecule has 2 unspecified atom stereocenters. The second-order valence-electron chi connectivity index (χ2n) is 6.95. The predicted octanol–water partition coefficient (Wildman–Crippen LogP) is 3.79. The zero-order valence-electron chi connectivity index (χ0n) is 12.6. The van der Waals surface area contributed by atoms with E-state index in [2.05, 4.69) is 0 Å². The van der Waals surface area contributed by atoms with Crippen molar-refractivity contribution in [2.24, 2.45) is 0 Å². The van der Waals surface area contributed by atoms with Crippen LogP contribution in [0.5, 0.6) is 0 Å². The van der Waals surface area contributed by atoms with Crippen LogP contribution in [-0.2, 0) is 19.6 Å². The summed E-state index contributed by atoms with van der Waals surface area (Å²) in [4.78, 5) is 21.8. The van der Waals surface area contributed by atoms with Gasteiger partial charge < -0.3 is 0 Å². The first-order valence-electron chi connectivity index (χ1n) is 6.86. The third kappa shape index (κ3) is 6.69. The molecule has 108 valence electrons. The highest BCUT2D eigenvalue weighted by molar-refractivity contribution is 4.75. The topological polar surface area (TPSA) is 36.9 Å². The maximum atomic E-state index is 5.52. The fourth-order valence-electron chi connectivity index (χ4n) is 1.70. The van der Waals surface area contributed by atoms with Crippen LogP contribution < -0.4 is 0 Å². The van der Waals surface area contributed by atoms with Crippen molar-refractivity contribution in [2.45, 2.75) is 90.6 Å². The zero-order chi connectivity index (χ0) is 13.8. The highest BCUT2D eigenvalue weighted by atomic mass is 17.2. The maximum Gasteiger partial charge on any atom is 0.122 e. The van der Waals surface area contributed by atoms with E-state index in [1.54, 1.807) is 0 Å². The van der Waals surface area contributed by atoms with Gasteiger partial charge in [-0.1, -0.05) is 12.8 Å². The van der Waals surface area contributed by atoms with E-state index in [0.29, 0.717) is 0 Å². The van der Waals surface area contributed by atoms with E-state index >= 15 is 0 Å². The molecule has 0 amide bonds. The van der Waals surface area contributed by atoms with Gasteiger partial charge in [0.25, 0.3) is 0 Å². The normalized spacial score (nSPS) is 26.3. The van der Waals surface area contributed by atoms with Crippen LogP contribution in [0.2, 0.25) is 0 Å². The van der Waals surface area contributed by atoms with Gasteiger partial charge >= 0.3 is 0 Å². The summed E-state index contributed by atoms with van der Waals surface area (Å²) in [5, 5.41) is 0. The summed E-state index contributed by atoms with van der Waals surface area (Å²) in [7, 11) is 0. The molecule has 1 aliphatic carbocycles. The molecular weight excluding hydrogens is 232 g/mol. The van der Waals surface area contributed by atoms with Crippen LogP contribution in [0.25, 0.3) is 0 Å². The zero-order valence-corrected chi connectivity index (χ0v) is 12.6. The van der Waals surface area contributed by atoms with Gasteiger partial charge in [-0.05, 0) is 54.4 Å². The van der Waals surface area contributed by atoms with Gasteiger partial charge in [0.05, 0.1) is 11.2 Å². The molecule has 1 saturated carbocycles. The van der Waals surface area contributed by atoms with Gasteiger partial charge in [-0.2, -0.15) is 0 Å². The highest BCUT2D eigenvalue weighted by Gasteiger charge is 2.31. The van der Waals surface area contributed by atoms with E-state index in [1.165, 1.54) is 0 Å². The molecule has 0 heterocycles. The summed E-state index contributed by atoms with van der Waals surface area (Å²) < 4.78 is 0. The first kappa shape index (κ1) is 15.9. The second-order valence-corrected chi connectivity index (χ2v) is 6.95. The number of hydrogen-bond donors (Lipinski definition) is 0. The molecule has 18 heavy (non-hydrogen) atoms. The van der Waals surface area contributed by atoms with E-state index in [0.717, 1.165) is 25.7 Å². The molecule has 0 aromatic rings. The van der Waals surface area contributed by atoms with Crippen LogP contribution in [0.1, 0.15) is 67.2 Å². The van der Waals surface area contributed by atoms with Gasteiger partial charge in [0.1, 0.15) is 12.2 Å². The Morgan fingerprint density at radius 3 is 1.28 bits per heavy atom. The fraction of sp³-hybridized carbons (Fsp3) is 1.00. The predicted molar refractivity (Wildman–Crippen MR) is 69.9 cm³/mol. The molecule has 0 saturated heterocycles. The van der Waals surface area contributed by atoms with Crippen molar-refractivity contribution in [1.82, 2.24) is 0 Å². The standard InChI is InChI=1S/C14H28O4/c1-13(2,3)17-15-11-9-7-8-10-12(11)16-18-14(4,5)6/h11-12H,7-10H2,1-6H3. The molecule has 0 N–H and O–H groups in total. The van der Waals surface area contributed by atoms with E-state index in [9.17, 15) is 0 Å². The molecule has 1 rings (SSSR count). The molecular formula is C14H28O4. The SMILES string of the molecule is CC(C)(C)OOC1CCCCC1OOC(C)(C)C. The molecule has 0 bridgehead atoms. The van der Waals surface area contributed by atoms with Gasteiger partial charge in [0, 0.05) is 0 Å². The summed E-state index contributed by atoms with van der Waals surface area (Å²) in [6, 6.07) is 0. The van der Waals surface area contributed by atoms with Crippen molar-refractivity contribution in [3.05, 3.63) is 0 Å². The van der Waals surface area contributed by atoms with Gasteiger partial charge in [-0.25, -0.2) is 19.6 Å². The number of rotatable bonds is 4. The smallest absolute Gasteiger partial charge is 0.122 e. The highest BCUT2D eigenvalue weighted by Crippen LogP contribution is 2.26. The summed E-state index contributed by atoms with van der Waals surface area (Å²) in [6.07, 6.45) is 4.12. The van der Waals surface area contributed by atoms with Crippen molar-refractivity contribution < 1.29 is 19.6 Å². The van der Waals surface area contributed by atoms with Crippen LogP contribution in [0.3, 0.4) is 0 Å². The van der Waals surface area contributed by atoms with Crippen LogP contribution >= 0.6 is 0 Å². The molecule has 2 atom stereocenters. The van der Waals surface area contributed by atoms with E-state index in [-0.39, 0.29) is 23.4 Å². The average Bonchev–Trinajstić information content (AvgIpc) is 2.22. The Morgan fingerprint density at radius 1 is 0.667 bits per heavy atom. The Bertz CT molecular complexity index is 213. The molecule has 4 nitrogen and oxygen atoms in total.